The average molecular weight is 229 g/mol. The third kappa shape index (κ3) is 1.42. The summed E-state index contributed by atoms with van der Waals surface area (Å²) in [7, 11) is 0. The first-order valence-electron chi connectivity index (χ1n) is 4.74. The lowest BCUT2D eigenvalue weighted by atomic mass is 10.1. The average Bonchev–Trinajstić information content (AvgIpc) is 2.75. The molecule has 0 spiro atoms. The van der Waals surface area contributed by atoms with E-state index in [0.29, 0.717) is 5.89 Å². The van der Waals surface area contributed by atoms with E-state index in [1.807, 2.05) is 30.3 Å². The quantitative estimate of drug-likeness (QED) is 0.652. The highest BCUT2D eigenvalue weighted by atomic mass is 32.1. The molecule has 0 atom stereocenters. The van der Waals surface area contributed by atoms with Crippen LogP contribution in [0.4, 0.5) is 0 Å². The Morgan fingerprint density at radius 1 is 1.19 bits per heavy atom. The summed E-state index contributed by atoms with van der Waals surface area (Å²) in [6, 6.07) is 9.68. The standard InChI is InChI=1S/C11H7N3OS/c16-11-14-13-10(15-11)8-5-6-12-9-4-2-1-3-7(8)9/h1-6H,(H,14,16). The predicted octanol–water partition coefficient (Wildman–Crippen LogP) is 2.95. The molecule has 0 fully saturated rings. The van der Waals surface area contributed by atoms with Gasteiger partial charge >= 0.3 is 0 Å². The normalized spacial score (nSPS) is 10.8. The van der Waals surface area contributed by atoms with Gasteiger partial charge in [-0.25, -0.2) is 5.10 Å². The molecule has 0 aliphatic heterocycles. The number of hydrogen-bond donors (Lipinski definition) is 1. The summed E-state index contributed by atoms with van der Waals surface area (Å²) in [5, 5.41) is 7.62. The van der Waals surface area contributed by atoms with E-state index in [0.717, 1.165) is 16.5 Å². The second-order valence-corrected chi connectivity index (χ2v) is 3.66. The molecule has 4 nitrogen and oxygen atoms in total. The molecule has 78 valence electrons. The second kappa shape index (κ2) is 3.53. The van der Waals surface area contributed by atoms with Gasteiger partial charge in [0.25, 0.3) is 4.84 Å². The SMILES string of the molecule is S=c1[nH]nc(-c2ccnc3ccccc23)o1. The first-order chi connectivity index (χ1) is 7.84. The molecule has 0 saturated carbocycles. The van der Waals surface area contributed by atoms with Gasteiger partial charge in [-0.1, -0.05) is 18.2 Å². The summed E-state index contributed by atoms with van der Waals surface area (Å²) in [4.78, 5) is 4.54. The molecule has 2 heterocycles. The number of aromatic amines is 1. The van der Waals surface area contributed by atoms with Crippen molar-refractivity contribution in [3.8, 4) is 11.5 Å². The Kier molecular flexibility index (Phi) is 2.04. The van der Waals surface area contributed by atoms with Crippen LogP contribution in [0.1, 0.15) is 0 Å². The van der Waals surface area contributed by atoms with E-state index in [1.165, 1.54) is 0 Å². The molecule has 0 unspecified atom stereocenters. The number of benzene rings is 1. The van der Waals surface area contributed by atoms with E-state index in [4.69, 9.17) is 16.6 Å². The van der Waals surface area contributed by atoms with Crippen molar-refractivity contribution in [3.63, 3.8) is 0 Å². The molecule has 1 N–H and O–H groups in total. The van der Waals surface area contributed by atoms with Crippen molar-refractivity contribution in [2.24, 2.45) is 0 Å². The lowest BCUT2D eigenvalue weighted by Gasteiger charge is -2.00. The van der Waals surface area contributed by atoms with Crippen LogP contribution in [0.2, 0.25) is 0 Å². The van der Waals surface area contributed by atoms with Gasteiger partial charge in [0.2, 0.25) is 5.89 Å². The number of rotatable bonds is 1. The van der Waals surface area contributed by atoms with Gasteiger partial charge in [0.05, 0.1) is 5.52 Å². The Balaban J connectivity index is 2.35. The smallest absolute Gasteiger partial charge is 0.284 e. The molecule has 16 heavy (non-hydrogen) atoms. The van der Waals surface area contributed by atoms with Gasteiger partial charge in [0, 0.05) is 17.1 Å². The third-order valence-corrected chi connectivity index (χ3v) is 2.49. The molecule has 2 aromatic heterocycles. The minimum atomic E-state index is 0.274. The van der Waals surface area contributed by atoms with Gasteiger partial charge in [-0.3, -0.25) is 4.98 Å². The Bertz CT molecular complexity index is 696. The number of pyridine rings is 1. The van der Waals surface area contributed by atoms with E-state index < -0.39 is 0 Å². The first kappa shape index (κ1) is 9.23. The topological polar surface area (TPSA) is 54.7 Å². The number of aromatic nitrogens is 3. The molecule has 0 saturated heterocycles. The summed E-state index contributed by atoms with van der Waals surface area (Å²) in [5.74, 6) is 0.489. The summed E-state index contributed by atoms with van der Waals surface area (Å²) in [6.45, 7) is 0. The fourth-order valence-corrected chi connectivity index (χ4v) is 1.75. The van der Waals surface area contributed by atoms with E-state index in [1.54, 1.807) is 6.20 Å². The fraction of sp³-hybridized carbons (Fsp3) is 0. The van der Waals surface area contributed by atoms with Gasteiger partial charge in [-0.05, 0) is 24.4 Å². The Morgan fingerprint density at radius 3 is 2.88 bits per heavy atom. The molecular formula is C11H7N3OS. The molecule has 0 aliphatic carbocycles. The summed E-state index contributed by atoms with van der Waals surface area (Å²) in [5.41, 5.74) is 1.79. The van der Waals surface area contributed by atoms with Crippen LogP contribution in [0.5, 0.6) is 0 Å². The van der Waals surface area contributed by atoms with Crippen LogP contribution in [0.25, 0.3) is 22.4 Å². The van der Waals surface area contributed by atoms with E-state index in [9.17, 15) is 0 Å². The Labute approximate surface area is 96.0 Å². The highest BCUT2D eigenvalue weighted by Gasteiger charge is 2.08. The molecule has 1 aromatic carbocycles. The number of nitrogens with one attached hydrogen (secondary N) is 1. The molecule has 5 heteroatoms. The highest BCUT2D eigenvalue weighted by molar-refractivity contribution is 7.71. The minimum absolute atomic E-state index is 0.274. The molecule has 0 amide bonds. The summed E-state index contributed by atoms with van der Waals surface area (Å²) < 4.78 is 5.30. The lowest BCUT2D eigenvalue weighted by molar-refractivity contribution is 0.552. The third-order valence-electron chi connectivity index (χ3n) is 2.32. The first-order valence-corrected chi connectivity index (χ1v) is 5.15. The van der Waals surface area contributed by atoms with E-state index >= 15 is 0 Å². The Morgan fingerprint density at radius 2 is 2.06 bits per heavy atom. The molecule has 0 radical (unpaired) electrons. The van der Waals surface area contributed by atoms with Gasteiger partial charge in [-0.15, -0.1) is 5.10 Å². The Hall–Kier alpha value is -2.01. The number of fused-ring (bicyclic) bond motifs is 1. The molecule has 0 bridgehead atoms. The largest absolute Gasteiger partial charge is 0.409 e. The van der Waals surface area contributed by atoms with Crippen molar-refractivity contribution in [3.05, 3.63) is 41.4 Å². The maximum absolute atomic E-state index is 5.30. The van der Waals surface area contributed by atoms with Crippen LogP contribution >= 0.6 is 12.2 Å². The van der Waals surface area contributed by atoms with Crippen LogP contribution in [0, 0.1) is 4.84 Å². The van der Waals surface area contributed by atoms with Crippen molar-refractivity contribution in [1.82, 2.24) is 15.2 Å². The fourth-order valence-electron chi connectivity index (χ4n) is 1.63. The van der Waals surface area contributed by atoms with Gasteiger partial charge < -0.3 is 4.42 Å². The van der Waals surface area contributed by atoms with Crippen LogP contribution in [-0.4, -0.2) is 15.2 Å². The number of para-hydroxylation sites is 1. The summed E-state index contributed by atoms with van der Waals surface area (Å²) in [6.07, 6.45) is 1.73. The van der Waals surface area contributed by atoms with Gasteiger partial charge in [0.1, 0.15) is 0 Å². The van der Waals surface area contributed by atoms with Gasteiger partial charge in [0.15, 0.2) is 0 Å². The predicted molar refractivity (Wildman–Crippen MR) is 62.4 cm³/mol. The monoisotopic (exact) mass is 229 g/mol. The highest BCUT2D eigenvalue weighted by Crippen LogP contribution is 2.25. The summed E-state index contributed by atoms with van der Waals surface area (Å²) >= 11 is 4.86. The lowest BCUT2D eigenvalue weighted by Crippen LogP contribution is -1.83. The van der Waals surface area contributed by atoms with Crippen molar-refractivity contribution in [2.45, 2.75) is 0 Å². The zero-order chi connectivity index (χ0) is 11.0. The zero-order valence-corrected chi connectivity index (χ0v) is 8.99. The molecule has 3 rings (SSSR count). The second-order valence-electron chi connectivity index (χ2n) is 3.29. The van der Waals surface area contributed by atoms with E-state index in [2.05, 4.69) is 15.2 Å². The van der Waals surface area contributed by atoms with Crippen LogP contribution < -0.4 is 0 Å². The van der Waals surface area contributed by atoms with Crippen molar-refractivity contribution in [2.75, 3.05) is 0 Å². The zero-order valence-electron chi connectivity index (χ0n) is 8.18. The number of H-pyrrole nitrogens is 1. The van der Waals surface area contributed by atoms with Crippen molar-refractivity contribution >= 4 is 23.1 Å². The maximum Gasteiger partial charge on any atom is 0.284 e. The maximum atomic E-state index is 5.30. The molecule has 0 aliphatic rings. The number of nitrogens with zero attached hydrogens (tertiary/aromatic N) is 2. The van der Waals surface area contributed by atoms with Crippen LogP contribution in [0.15, 0.2) is 40.9 Å². The van der Waals surface area contributed by atoms with E-state index in [-0.39, 0.29) is 4.84 Å². The number of hydrogen-bond acceptors (Lipinski definition) is 4. The van der Waals surface area contributed by atoms with Crippen LogP contribution in [-0.2, 0) is 0 Å². The molecular weight excluding hydrogens is 222 g/mol. The van der Waals surface area contributed by atoms with Crippen molar-refractivity contribution < 1.29 is 4.42 Å². The molecule has 3 aromatic rings. The van der Waals surface area contributed by atoms with Gasteiger partial charge in [-0.2, -0.15) is 0 Å². The minimum Gasteiger partial charge on any atom is -0.409 e. The van der Waals surface area contributed by atoms with Crippen molar-refractivity contribution in [1.29, 1.82) is 0 Å². The van der Waals surface area contributed by atoms with Crippen LogP contribution in [0.3, 0.4) is 0 Å².